The third kappa shape index (κ3) is 4.70. The molecular formula is C18H34N2O. The molecule has 0 aromatic rings. The Hall–Kier alpha value is -0.570. The van der Waals surface area contributed by atoms with Gasteiger partial charge in [-0.2, -0.15) is 0 Å². The minimum Gasteiger partial charge on any atom is -0.342 e. The molecule has 0 spiro atoms. The second kappa shape index (κ2) is 8.17. The lowest BCUT2D eigenvalue weighted by atomic mass is 9.79. The lowest BCUT2D eigenvalue weighted by molar-refractivity contribution is -0.138. The number of hydrogen-bond acceptors (Lipinski definition) is 2. The fourth-order valence-electron chi connectivity index (χ4n) is 4.05. The highest BCUT2D eigenvalue weighted by molar-refractivity contribution is 5.79. The van der Waals surface area contributed by atoms with Crippen LogP contribution >= 0.6 is 0 Å². The molecule has 1 saturated heterocycles. The Balaban J connectivity index is 1.73. The SMILES string of the molecule is CCCCC1CCC(C(=O)N2CCC(N(C)C)CC2)CC1. The number of hydrogen-bond donors (Lipinski definition) is 0. The van der Waals surface area contributed by atoms with Crippen molar-refractivity contribution in [1.29, 1.82) is 0 Å². The van der Waals surface area contributed by atoms with Crippen LogP contribution < -0.4 is 0 Å². The van der Waals surface area contributed by atoms with Crippen LogP contribution in [0.2, 0.25) is 0 Å². The van der Waals surface area contributed by atoms with Gasteiger partial charge in [-0.15, -0.1) is 0 Å². The van der Waals surface area contributed by atoms with Crippen LogP contribution in [0.5, 0.6) is 0 Å². The van der Waals surface area contributed by atoms with Crippen molar-refractivity contribution in [2.75, 3.05) is 27.2 Å². The Labute approximate surface area is 131 Å². The van der Waals surface area contributed by atoms with E-state index in [9.17, 15) is 4.79 Å². The van der Waals surface area contributed by atoms with E-state index in [4.69, 9.17) is 0 Å². The number of carbonyl (C=O) groups is 1. The summed E-state index contributed by atoms with van der Waals surface area (Å²) in [6.07, 6.45) is 11.2. The minimum absolute atomic E-state index is 0.332. The number of amides is 1. The number of piperidine rings is 1. The summed E-state index contributed by atoms with van der Waals surface area (Å²) in [6, 6.07) is 0.666. The molecule has 0 bridgehead atoms. The van der Waals surface area contributed by atoms with Gasteiger partial charge in [-0.1, -0.05) is 26.2 Å². The van der Waals surface area contributed by atoms with E-state index in [-0.39, 0.29) is 0 Å². The molecule has 0 N–H and O–H groups in total. The Kier molecular flexibility index (Phi) is 6.53. The van der Waals surface area contributed by atoms with Crippen LogP contribution in [0.3, 0.4) is 0 Å². The highest BCUT2D eigenvalue weighted by Crippen LogP contribution is 2.33. The first-order chi connectivity index (χ1) is 10.1. The largest absolute Gasteiger partial charge is 0.342 e. The first-order valence-corrected chi connectivity index (χ1v) is 9.07. The van der Waals surface area contributed by atoms with Gasteiger partial charge in [-0.25, -0.2) is 0 Å². The van der Waals surface area contributed by atoms with Gasteiger partial charge in [0.15, 0.2) is 0 Å². The van der Waals surface area contributed by atoms with Crippen molar-refractivity contribution in [1.82, 2.24) is 9.80 Å². The number of likely N-dealkylation sites (tertiary alicyclic amines) is 1. The summed E-state index contributed by atoms with van der Waals surface area (Å²) in [7, 11) is 4.31. The molecule has 0 radical (unpaired) electrons. The van der Waals surface area contributed by atoms with Gasteiger partial charge in [0.25, 0.3) is 0 Å². The molecule has 1 heterocycles. The predicted molar refractivity (Wildman–Crippen MR) is 88.3 cm³/mol. The van der Waals surface area contributed by atoms with Gasteiger partial charge in [0.1, 0.15) is 0 Å². The summed E-state index contributed by atoms with van der Waals surface area (Å²) in [6.45, 7) is 4.21. The standard InChI is InChI=1S/C18H34N2O/c1-4-5-6-15-7-9-16(10-8-15)18(21)20-13-11-17(12-14-20)19(2)3/h15-17H,4-14H2,1-3H3. The lowest BCUT2D eigenvalue weighted by Gasteiger charge is -2.38. The second-order valence-electron chi connectivity index (χ2n) is 7.38. The molecule has 2 rings (SSSR count). The van der Waals surface area contributed by atoms with Crippen molar-refractivity contribution in [3.8, 4) is 0 Å². The van der Waals surface area contributed by atoms with Crippen molar-refractivity contribution < 1.29 is 4.79 Å². The van der Waals surface area contributed by atoms with Crippen molar-refractivity contribution in [2.45, 2.75) is 70.8 Å². The van der Waals surface area contributed by atoms with E-state index in [1.807, 2.05) is 0 Å². The number of rotatable bonds is 5. The third-order valence-corrected chi connectivity index (χ3v) is 5.67. The molecule has 1 saturated carbocycles. The summed E-state index contributed by atoms with van der Waals surface area (Å²) in [5.74, 6) is 1.69. The summed E-state index contributed by atoms with van der Waals surface area (Å²) in [4.78, 5) is 17.1. The highest BCUT2D eigenvalue weighted by atomic mass is 16.2. The molecule has 3 heteroatoms. The van der Waals surface area contributed by atoms with Gasteiger partial charge in [0.2, 0.25) is 5.91 Å². The molecule has 21 heavy (non-hydrogen) atoms. The lowest BCUT2D eigenvalue weighted by Crippen LogP contribution is -2.46. The minimum atomic E-state index is 0.332. The van der Waals surface area contributed by atoms with Gasteiger partial charge in [0.05, 0.1) is 0 Å². The van der Waals surface area contributed by atoms with Crippen LogP contribution in [-0.4, -0.2) is 48.9 Å². The van der Waals surface area contributed by atoms with E-state index in [0.717, 1.165) is 44.7 Å². The quantitative estimate of drug-likeness (QED) is 0.774. The van der Waals surface area contributed by atoms with Crippen LogP contribution in [0.25, 0.3) is 0 Å². The molecule has 0 atom stereocenters. The zero-order chi connectivity index (χ0) is 15.2. The van der Waals surface area contributed by atoms with Crippen molar-refractivity contribution in [3.05, 3.63) is 0 Å². The van der Waals surface area contributed by atoms with Crippen molar-refractivity contribution in [2.24, 2.45) is 11.8 Å². The summed E-state index contributed by atoms with van der Waals surface area (Å²) >= 11 is 0. The molecule has 122 valence electrons. The average Bonchev–Trinajstić information content (AvgIpc) is 2.53. The van der Waals surface area contributed by atoms with E-state index < -0.39 is 0 Å². The normalized spacial score (nSPS) is 28.1. The number of carbonyl (C=O) groups excluding carboxylic acids is 1. The van der Waals surface area contributed by atoms with Crippen LogP contribution in [-0.2, 0) is 4.79 Å². The first-order valence-electron chi connectivity index (χ1n) is 9.07. The van der Waals surface area contributed by atoms with Crippen LogP contribution in [0, 0.1) is 11.8 Å². The van der Waals surface area contributed by atoms with Crippen molar-refractivity contribution >= 4 is 5.91 Å². The maximum atomic E-state index is 12.7. The molecule has 0 unspecified atom stereocenters. The maximum absolute atomic E-state index is 12.7. The Morgan fingerprint density at radius 2 is 1.67 bits per heavy atom. The van der Waals surface area contributed by atoms with Crippen LogP contribution in [0.15, 0.2) is 0 Å². The number of unbranched alkanes of at least 4 members (excludes halogenated alkanes) is 1. The molecule has 3 nitrogen and oxygen atoms in total. The third-order valence-electron chi connectivity index (χ3n) is 5.67. The van der Waals surface area contributed by atoms with E-state index in [0.29, 0.717) is 17.9 Å². The van der Waals surface area contributed by atoms with Gasteiger partial charge in [0, 0.05) is 25.0 Å². The molecule has 1 amide bonds. The molecule has 0 aromatic heterocycles. The molecule has 1 aliphatic carbocycles. The smallest absolute Gasteiger partial charge is 0.225 e. The Morgan fingerprint density at radius 3 is 2.19 bits per heavy atom. The molecule has 2 fully saturated rings. The van der Waals surface area contributed by atoms with Gasteiger partial charge < -0.3 is 9.80 Å². The molecule has 0 aromatic carbocycles. The number of nitrogens with zero attached hydrogens (tertiary/aromatic N) is 2. The van der Waals surface area contributed by atoms with Crippen LogP contribution in [0.1, 0.15) is 64.7 Å². The fourth-order valence-corrected chi connectivity index (χ4v) is 4.05. The summed E-state index contributed by atoms with van der Waals surface area (Å²) < 4.78 is 0. The van der Waals surface area contributed by atoms with E-state index in [1.54, 1.807) is 0 Å². The Morgan fingerprint density at radius 1 is 1.05 bits per heavy atom. The van der Waals surface area contributed by atoms with E-state index >= 15 is 0 Å². The second-order valence-corrected chi connectivity index (χ2v) is 7.38. The zero-order valence-electron chi connectivity index (χ0n) is 14.3. The predicted octanol–water partition coefficient (Wildman–Crippen LogP) is 3.54. The van der Waals surface area contributed by atoms with Crippen LogP contribution in [0.4, 0.5) is 0 Å². The monoisotopic (exact) mass is 294 g/mol. The van der Waals surface area contributed by atoms with E-state index in [1.165, 1.54) is 32.1 Å². The summed E-state index contributed by atoms with van der Waals surface area (Å²) in [5, 5.41) is 0. The summed E-state index contributed by atoms with van der Waals surface area (Å²) in [5.41, 5.74) is 0. The Bertz CT molecular complexity index is 313. The topological polar surface area (TPSA) is 23.6 Å². The highest BCUT2D eigenvalue weighted by Gasteiger charge is 2.31. The van der Waals surface area contributed by atoms with Gasteiger partial charge in [-0.05, 0) is 58.5 Å². The van der Waals surface area contributed by atoms with Gasteiger partial charge in [-0.3, -0.25) is 4.79 Å². The maximum Gasteiger partial charge on any atom is 0.225 e. The van der Waals surface area contributed by atoms with E-state index in [2.05, 4.69) is 30.8 Å². The first kappa shape index (κ1) is 16.8. The van der Waals surface area contributed by atoms with Crippen molar-refractivity contribution in [3.63, 3.8) is 0 Å². The molecule has 1 aliphatic heterocycles. The molecule has 2 aliphatic rings. The zero-order valence-corrected chi connectivity index (χ0v) is 14.3. The molecular weight excluding hydrogens is 260 g/mol. The fraction of sp³-hybridized carbons (Fsp3) is 0.944. The average molecular weight is 294 g/mol. The van der Waals surface area contributed by atoms with Gasteiger partial charge >= 0.3 is 0 Å².